The fourth-order valence-corrected chi connectivity index (χ4v) is 2.75. The highest BCUT2D eigenvalue weighted by molar-refractivity contribution is 9.10. The molecule has 0 amide bonds. The maximum Gasteiger partial charge on any atom is 0.198 e. The zero-order chi connectivity index (χ0) is 15.0. The molecule has 3 rings (SSSR count). The van der Waals surface area contributed by atoms with Crippen molar-refractivity contribution in [1.29, 1.82) is 0 Å². The average molecular weight is 345 g/mol. The van der Waals surface area contributed by atoms with Crippen LogP contribution in [0.5, 0.6) is 5.75 Å². The van der Waals surface area contributed by atoms with Crippen LogP contribution in [0.3, 0.4) is 0 Å². The van der Waals surface area contributed by atoms with Crippen LogP contribution in [-0.4, -0.2) is 17.9 Å². The molecule has 0 aliphatic heterocycles. The highest BCUT2D eigenvalue weighted by atomic mass is 79.9. The van der Waals surface area contributed by atoms with E-state index in [1.165, 1.54) is 7.11 Å². The maximum atomic E-state index is 12.8. The van der Waals surface area contributed by atoms with Crippen molar-refractivity contribution in [1.82, 2.24) is 4.98 Å². The van der Waals surface area contributed by atoms with Crippen LogP contribution in [0.15, 0.2) is 47.1 Å². The molecule has 0 unspecified atom stereocenters. The summed E-state index contributed by atoms with van der Waals surface area (Å²) in [5, 5.41) is 0.868. The third-order valence-corrected chi connectivity index (χ3v) is 3.88. The monoisotopic (exact) mass is 344 g/mol. The highest BCUT2D eigenvalue weighted by Gasteiger charge is 2.19. The Bertz CT molecular complexity index is 839. The Morgan fingerprint density at radius 1 is 1.24 bits per heavy atom. The molecule has 0 saturated carbocycles. The molecule has 0 bridgehead atoms. The van der Waals surface area contributed by atoms with Gasteiger partial charge in [0.15, 0.2) is 11.5 Å². The van der Waals surface area contributed by atoms with Crippen LogP contribution < -0.4 is 10.5 Å². The molecule has 3 N–H and O–H groups in total. The molecule has 106 valence electrons. The zero-order valence-electron chi connectivity index (χ0n) is 11.3. The number of ether oxygens (including phenoxy) is 1. The molecule has 1 heterocycles. The standard InChI is InChI=1S/C16H13BrN2O2/c1-21-16-11(3-2-4-13(16)18)15(20)12-8-19-14-7-9(17)5-6-10(12)14/h2-8,19H,18H2,1H3. The number of rotatable bonds is 3. The van der Waals surface area contributed by atoms with E-state index in [4.69, 9.17) is 10.5 Å². The number of nitrogen functional groups attached to an aromatic ring is 1. The first-order valence-electron chi connectivity index (χ1n) is 6.35. The summed E-state index contributed by atoms with van der Waals surface area (Å²) in [6.07, 6.45) is 1.71. The summed E-state index contributed by atoms with van der Waals surface area (Å²) in [5.41, 5.74) is 8.27. The van der Waals surface area contributed by atoms with Crippen LogP contribution in [0.25, 0.3) is 10.9 Å². The minimum Gasteiger partial charge on any atom is -0.494 e. The van der Waals surface area contributed by atoms with Gasteiger partial charge >= 0.3 is 0 Å². The van der Waals surface area contributed by atoms with Gasteiger partial charge in [-0.2, -0.15) is 0 Å². The first-order valence-corrected chi connectivity index (χ1v) is 7.15. The molecule has 0 aliphatic rings. The number of para-hydroxylation sites is 1. The average Bonchev–Trinajstić information content (AvgIpc) is 2.89. The van der Waals surface area contributed by atoms with Crippen LogP contribution in [0.1, 0.15) is 15.9 Å². The lowest BCUT2D eigenvalue weighted by Gasteiger charge is -2.09. The molecule has 0 fully saturated rings. The van der Waals surface area contributed by atoms with E-state index in [-0.39, 0.29) is 5.78 Å². The molecular formula is C16H13BrN2O2. The summed E-state index contributed by atoms with van der Waals surface area (Å²) >= 11 is 3.41. The number of nitrogens with one attached hydrogen (secondary N) is 1. The highest BCUT2D eigenvalue weighted by Crippen LogP contribution is 2.30. The van der Waals surface area contributed by atoms with Crippen LogP contribution >= 0.6 is 15.9 Å². The van der Waals surface area contributed by atoms with Gasteiger partial charge in [0.05, 0.1) is 18.4 Å². The molecule has 0 radical (unpaired) electrons. The Hall–Kier alpha value is -2.27. The molecule has 0 aliphatic carbocycles. The number of H-pyrrole nitrogens is 1. The third kappa shape index (κ3) is 2.29. The lowest BCUT2D eigenvalue weighted by molar-refractivity contribution is 0.103. The van der Waals surface area contributed by atoms with Crippen molar-refractivity contribution in [3.05, 3.63) is 58.2 Å². The van der Waals surface area contributed by atoms with Crippen molar-refractivity contribution in [2.45, 2.75) is 0 Å². The Morgan fingerprint density at radius 2 is 2.05 bits per heavy atom. The molecule has 0 spiro atoms. The largest absolute Gasteiger partial charge is 0.494 e. The molecule has 5 heteroatoms. The van der Waals surface area contributed by atoms with Gasteiger partial charge in [0.25, 0.3) is 0 Å². The number of hydrogen-bond acceptors (Lipinski definition) is 3. The molecule has 1 aromatic heterocycles. The van der Waals surface area contributed by atoms with Gasteiger partial charge in [0.2, 0.25) is 0 Å². The summed E-state index contributed by atoms with van der Waals surface area (Å²) in [4.78, 5) is 15.9. The Balaban J connectivity index is 2.15. The Kier molecular flexibility index (Phi) is 3.43. The number of anilines is 1. The van der Waals surface area contributed by atoms with Crippen LogP contribution in [-0.2, 0) is 0 Å². The van der Waals surface area contributed by atoms with E-state index >= 15 is 0 Å². The minimum atomic E-state index is -0.118. The number of halogens is 1. The first kappa shape index (κ1) is 13.7. The fraction of sp³-hybridized carbons (Fsp3) is 0.0625. The first-order chi connectivity index (χ1) is 10.1. The second kappa shape index (κ2) is 5.26. The second-order valence-corrected chi connectivity index (χ2v) is 5.57. The lowest BCUT2D eigenvalue weighted by atomic mass is 10.0. The maximum absolute atomic E-state index is 12.8. The number of fused-ring (bicyclic) bond motifs is 1. The molecule has 2 aromatic carbocycles. The van der Waals surface area contributed by atoms with Crippen molar-refractivity contribution >= 4 is 38.3 Å². The van der Waals surface area contributed by atoms with Gasteiger partial charge in [-0.25, -0.2) is 0 Å². The predicted molar refractivity (Wildman–Crippen MR) is 86.8 cm³/mol. The lowest BCUT2D eigenvalue weighted by Crippen LogP contribution is -2.05. The number of aromatic nitrogens is 1. The molecule has 4 nitrogen and oxygen atoms in total. The van der Waals surface area contributed by atoms with E-state index in [1.54, 1.807) is 24.4 Å². The SMILES string of the molecule is COc1c(N)cccc1C(=O)c1c[nH]c2cc(Br)ccc12. The van der Waals surface area contributed by atoms with E-state index in [9.17, 15) is 4.79 Å². The third-order valence-electron chi connectivity index (χ3n) is 3.38. The Morgan fingerprint density at radius 3 is 2.81 bits per heavy atom. The minimum absolute atomic E-state index is 0.118. The molecular weight excluding hydrogens is 332 g/mol. The normalized spacial score (nSPS) is 10.8. The number of benzene rings is 2. The second-order valence-electron chi connectivity index (χ2n) is 4.65. The van der Waals surface area contributed by atoms with Gasteiger partial charge in [-0.1, -0.05) is 28.1 Å². The number of hydrogen-bond donors (Lipinski definition) is 2. The van der Waals surface area contributed by atoms with Gasteiger partial charge in [0, 0.05) is 27.1 Å². The van der Waals surface area contributed by atoms with Gasteiger partial charge < -0.3 is 15.5 Å². The van der Waals surface area contributed by atoms with Gasteiger partial charge in [-0.15, -0.1) is 0 Å². The molecule has 21 heavy (non-hydrogen) atoms. The van der Waals surface area contributed by atoms with E-state index in [2.05, 4.69) is 20.9 Å². The Labute approximate surface area is 130 Å². The number of ketones is 1. The fourth-order valence-electron chi connectivity index (χ4n) is 2.39. The van der Waals surface area contributed by atoms with Crippen molar-refractivity contribution in [3.63, 3.8) is 0 Å². The summed E-state index contributed by atoms with van der Waals surface area (Å²) in [7, 11) is 1.51. The summed E-state index contributed by atoms with van der Waals surface area (Å²) in [6.45, 7) is 0. The van der Waals surface area contributed by atoms with Crippen molar-refractivity contribution in [3.8, 4) is 5.75 Å². The van der Waals surface area contributed by atoms with E-state index in [0.717, 1.165) is 15.4 Å². The number of aromatic amines is 1. The summed E-state index contributed by atoms with van der Waals surface area (Å²) in [6, 6.07) is 10.9. The molecule has 0 atom stereocenters. The molecule has 0 saturated heterocycles. The topological polar surface area (TPSA) is 68.1 Å². The summed E-state index contributed by atoms with van der Waals surface area (Å²) in [5.74, 6) is 0.293. The van der Waals surface area contributed by atoms with Crippen LogP contribution in [0.4, 0.5) is 5.69 Å². The number of methoxy groups -OCH3 is 1. The van der Waals surface area contributed by atoms with E-state index < -0.39 is 0 Å². The van der Waals surface area contributed by atoms with E-state index in [0.29, 0.717) is 22.6 Å². The predicted octanol–water partition coefficient (Wildman–Crippen LogP) is 3.75. The molecule has 3 aromatic rings. The van der Waals surface area contributed by atoms with Crippen molar-refractivity contribution in [2.24, 2.45) is 0 Å². The van der Waals surface area contributed by atoms with E-state index in [1.807, 2.05) is 18.2 Å². The zero-order valence-corrected chi connectivity index (χ0v) is 12.9. The van der Waals surface area contributed by atoms with Gasteiger partial charge in [0.1, 0.15) is 0 Å². The van der Waals surface area contributed by atoms with Gasteiger partial charge in [-0.3, -0.25) is 4.79 Å². The van der Waals surface area contributed by atoms with Gasteiger partial charge in [-0.05, 0) is 24.3 Å². The van der Waals surface area contributed by atoms with Crippen LogP contribution in [0, 0.1) is 0 Å². The smallest absolute Gasteiger partial charge is 0.198 e. The van der Waals surface area contributed by atoms with Crippen molar-refractivity contribution in [2.75, 3.05) is 12.8 Å². The summed E-state index contributed by atoms with van der Waals surface area (Å²) < 4.78 is 6.22. The van der Waals surface area contributed by atoms with Crippen LogP contribution in [0.2, 0.25) is 0 Å². The number of nitrogens with two attached hydrogens (primary N) is 1. The number of carbonyl (C=O) groups is 1. The quantitative estimate of drug-likeness (QED) is 0.561. The number of carbonyl (C=O) groups excluding carboxylic acids is 1. The van der Waals surface area contributed by atoms with Crippen molar-refractivity contribution < 1.29 is 9.53 Å².